The van der Waals surface area contributed by atoms with Crippen molar-refractivity contribution in [2.45, 2.75) is 64.3 Å². The van der Waals surface area contributed by atoms with Crippen molar-refractivity contribution in [2.75, 3.05) is 19.6 Å². The Hall–Kier alpha value is -1.08. The number of nitrogens with one attached hydrogen (secondary N) is 1. The van der Waals surface area contributed by atoms with Crippen LogP contribution in [0.5, 0.6) is 0 Å². The molecule has 4 heteroatoms. The molecule has 0 aromatic carbocycles. The first kappa shape index (κ1) is 16.3. The fraction of sp³-hybridized carbons (Fsp3) is 0.882. The summed E-state index contributed by atoms with van der Waals surface area (Å²) < 4.78 is 0. The highest BCUT2D eigenvalue weighted by Gasteiger charge is 2.33. The van der Waals surface area contributed by atoms with Gasteiger partial charge in [0.25, 0.3) is 0 Å². The third-order valence-electron chi connectivity index (χ3n) is 4.86. The van der Waals surface area contributed by atoms with Crippen molar-refractivity contribution in [3.05, 3.63) is 0 Å². The van der Waals surface area contributed by atoms with Crippen molar-refractivity contribution < 1.29 is 4.79 Å². The lowest BCUT2D eigenvalue weighted by molar-refractivity contribution is -0.124. The number of piperidine rings is 1. The van der Waals surface area contributed by atoms with Gasteiger partial charge in [0.05, 0.1) is 12.6 Å². The minimum atomic E-state index is -0.611. The maximum atomic E-state index is 12.4. The van der Waals surface area contributed by atoms with Crippen molar-refractivity contribution >= 4 is 5.91 Å². The molecule has 21 heavy (non-hydrogen) atoms. The third-order valence-corrected chi connectivity index (χ3v) is 4.86. The van der Waals surface area contributed by atoms with Gasteiger partial charge in [0, 0.05) is 13.1 Å². The molecule has 0 spiro atoms. The molecule has 118 valence electrons. The summed E-state index contributed by atoms with van der Waals surface area (Å²) in [5.41, 5.74) is -0.611. The maximum Gasteiger partial charge on any atom is 0.235 e. The molecule has 2 unspecified atom stereocenters. The van der Waals surface area contributed by atoms with E-state index in [1.54, 1.807) is 0 Å². The van der Waals surface area contributed by atoms with Gasteiger partial charge in [-0.3, -0.25) is 9.69 Å². The Morgan fingerprint density at radius 1 is 1.19 bits per heavy atom. The monoisotopic (exact) mass is 291 g/mol. The van der Waals surface area contributed by atoms with Crippen LogP contribution >= 0.6 is 0 Å². The van der Waals surface area contributed by atoms with E-state index in [4.69, 9.17) is 0 Å². The Morgan fingerprint density at radius 3 is 2.29 bits per heavy atom. The van der Waals surface area contributed by atoms with Crippen LogP contribution in [0.2, 0.25) is 0 Å². The first-order valence-corrected chi connectivity index (χ1v) is 8.47. The molecule has 0 bridgehead atoms. The number of hydrogen-bond acceptors (Lipinski definition) is 3. The van der Waals surface area contributed by atoms with E-state index in [-0.39, 0.29) is 5.91 Å². The van der Waals surface area contributed by atoms with Crippen molar-refractivity contribution in [3.63, 3.8) is 0 Å². The van der Waals surface area contributed by atoms with Crippen LogP contribution in [0.15, 0.2) is 0 Å². The molecule has 4 nitrogen and oxygen atoms in total. The Labute approximate surface area is 128 Å². The second-order valence-electron chi connectivity index (χ2n) is 7.30. The quantitative estimate of drug-likeness (QED) is 0.813. The van der Waals surface area contributed by atoms with Crippen molar-refractivity contribution in [1.29, 1.82) is 5.26 Å². The van der Waals surface area contributed by atoms with Gasteiger partial charge in [-0.2, -0.15) is 5.26 Å². The highest BCUT2D eigenvalue weighted by Crippen LogP contribution is 2.27. The average Bonchev–Trinajstić information content (AvgIpc) is 2.63. The molecular weight excluding hydrogens is 262 g/mol. The van der Waals surface area contributed by atoms with Crippen LogP contribution in [0.3, 0.4) is 0 Å². The van der Waals surface area contributed by atoms with Crippen LogP contribution in [0.4, 0.5) is 0 Å². The van der Waals surface area contributed by atoms with Crippen LogP contribution in [0.25, 0.3) is 0 Å². The summed E-state index contributed by atoms with van der Waals surface area (Å²) in [7, 11) is 0. The van der Waals surface area contributed by atoms with Crippen molar-refractivity contribution in [2.24, 2.45) is 11.8 Å². The molecule has 0 radical (unpaired) electrons. The first-order valence-electron chi connectivity index (χ1n) is 8.47. The number of amides is 1. The molecule has 1 aliphatic carbocycles. The zero-order valence-corrected chi connectivity index (χ0v) is 13.5. The van der Waals surface area contributed by atoms with Crippen LogP contribution in [0.1, 0.15) is 58.8 Å². The van der Waals surface area contributed by atoms with E-state index in [0.717, 1.165) is 38.8 Å². The van der Waals surface area contributed by atoms with Crippen LogP contribution in [-0.4, -0.2) is 36.0 Å². The predicted octanol–water partition coefficient (Wildman–Crippen LogP) is 2.70. The normalized spacial score (nSPS) is 30.1. The number of carbonyl (C=O) groups excluding carboxylic acids is 1. The fourth-order valence-electron chi connectivity index (χ4n) is 4.03. The molecule has 1 aliphatic heterocycles. The zero-order valence-electron chi connectivity index (χ0n) is 13.5. The summed E-state index contributed by atoms with van der Waals surface area (Å²) in [6.45, 7) is 6.94. The molecule has 2 rings (SSSR count). The van der Waals surface area contributed by atoms with Gasteiger partial charge in [-0.15, -0.1) is 0 Å². The topological polar surface area (TPSA) is 56.1 Å². The number of rotatable bonds is 3. The number of hydrogen-bond donors (Lipinski definition) is 1. The molecule has 2 fully saturated rings. The Balaban J connectivity index is 1.89. The first-order chi connectivity index (χ1) is 10.0. The van der Waals surface area contributed by atoms with Gasteiger partial charge in [0.1, 0.15) is 5.54 Å². The lowest BCUT2D eigenvalue weighted by atomic mass is 9.91. The fourth-order valence-corrected chi connectivity index (χ4v) is 4.03. The van der Waals surface area contributed by atoms with Gasteiger partial charge in [-0.05, 0) is 31.1 Å². The van der Waals surface area contributed by atoms with Gasteiger partial charge in [0.15, 0.2) is 0 Å². The summed E-state index contributed by atoms with van der Waals surface area (Å²) in [6.07, 6.45) is 7.32. The number of carbonyl (C=O) groups is 1. The van der Waals surface area contributed by atoms with E-state index in [2.05, 4.69) is 30.1 Å². The highest BCUT2D eigenvalue weighted by atomic mass is 16.2. The molecule has 1 heterocycles. The van der Waals surface area contributed by atoms with E-state index in [1.165, 1.54) is 19.3 Å². The second-order valence-corrected chi connectivity index (χ2v) is 7.30. The largest absolute Gasteiger partial charge is 0.337 e. The van der Waals surface area contributed by atoms with E-state index < -0.39 is 5.54 Å². The predicted molar refractivity (Wildman–Crippen MR) is 83.6 cm³/mol. The van der Waals surface area contributed by atoms with Gasteiger partial charge in [-0.1, -0.05) is 39.5 Å². The van der Waals surface area contributed by atoms with E-state index in [1.807, 2.05) is 0 Å². The lowest BCUT2D eigenvalue weighted by Crippen LogP contribution is -2.52. The Morgan fingerprint density at radius 2 is 1.76 bits per heavy atom. The van der Waals surface area contributed by atoms with E-state index in [0.29, 0.717) is 18.4 Å². The van der Waals surface area contributed by atoms with E-state index >= 15 is 0 Å². The van der Waals surface area contributed by atoms with Gasteiger partial charge in [0.2, 0.25) is 5.91 Å². The zero-order chi connectivity index (χ0) is 15.3. The Kier molecular flexibility index (Phi) is 5.64. The SMILES string of the molecule is CC1CC(C)CN(CC(=O)NC2(C#N)CCCCCC2)C1. The van der Waals surface area contributed by atoms with Crippen LogP contribution in [-0.2, 0) is 4.79 Å². The van der Waals surface area contributed by atoms with E-state index in [9.17, 15) is 10.1 Å². The van der Waals surface area contributed by atoms with Crippen molar-refractivity contribution in [1.82, 2.24) is 10.2 Å². The minimum absolute atomic E-state index is 0.0275. The summed E-state index contributed by atoms with van der Waals surface area (Å²) in [5.74, 6) is 1.34. The highest BCUT2D eigenvalue weighted by molar-refractivity contribution is 5.79. The molecule has 2 aliphatic rings. The lowest BCUT2D eigenvalue weighted by Gasteiger charge is -2.35. The van der Waals surface area contributed by atoms with Crippen LogP contribution < -0.4 is 5.32 Å². The summed E-state index contributed by atoms with van der Waals surface area (Å²) >= 11 is 0. The molecule has 0 aromatic rings. The smallest absolute Gasteiger partial charge is 0.235 e. The average molecular weight is 291 g/mol. The summed E-state index contributed by atoms with van der Waals surface area (Å²) in [4.78, 5) is 14.6. The van der Waals surface area contributed by atoms with Crippen LogP contribution in [0, 0.1) is 23.2 Å². The molecule has 1 saturated heterocycles. The Bertz CT molecular complexity index is 383. The second kappa shape index (κ2) is 7.26. The number of likely N-dealkylation sites (tertiary alicyclic amines) is 1. The summed E-state index contributed by atoms with van der Waals surface area (Å²) in [5, 5.41) is 12.6. The maximum absolute atomic E-state index is 12.4. The van der Waals surface area contributed by atoms with Gasteiger partial charge in [-0.25, -0.2) is 0 Å². The van der Waals surface area contributed by atoms with Gasteiger partial charge < -0.3 is 5.32 Å². The molecule has 2 atom stereocenters. The summed E-state index contributed by atoms with van der Waals surface area (Å²) in [6, 6.07) is 2.39. The minimum Gasteiger partial charge on any atom is -0.337 e. The van der Waals surface area contributed by atoms with Crippen molar-refractivity contribution in [3.8, 4) is 6.07 Å². The molecule has 0 aromatic heterocycles. The third kappa shape index (κ3) is 4.71. The van der Waals surface area contributed by atoms with Gasteiger partial charge >= 0.3 is 0 Å². The molecule has 1 amide bonds. The number of nitrogens with zero attached hydrogens (tertiary/aromatic N) is 2. The standard InChI is InChI=1S/C17H29N3O/c1-14-9-15(2)11-20(10-14)12-16(21)19-17(13-18)7-5-3-4-6-8-17/h14-15H,3-12H2,1-2H3,(H,19,21). The molecular formula is C17H29N3O. The molecule has 1 N–H and O–H groups in total. The molecule has 1 saturated carbocycles. The number of nitriles is 1.